The van der Waals surface area contributed by atoms with Crippen molar-refractivity contribution in [1.29, 1.82) is 0 Å². The van der Waals surface area contributed by atoms with Gasteiger partial charge in [0.15, 0.2) is 0 Å². The quantitative estimate of drug-likeness (QED) is 0.479. The van der Waals surface area contributed by atoms with Crippen LogP contribution in [0, 0.1) is 0 Å². The minimum Gasteiger partial charge on any atom is -0.481 e. The average Bonchev–Trinajstić information content (AvgIpc) is 2.29. The number of rotatable bonds is 10. The molecule has 0 aromatic rings. The van der Waals surface area contributed by atoms with E-state index in [0.29, 0.717) is 0 Å². The van der Waals surface area contributed by atoms with Gasteiger partial charge in [-0.2, -0.15) is 0 Å². The highest BCUT2D eigenvalue weighted by Crippen LogP contribution is 2.12. The Labute approximate surface area is 123 Å². The molecule has 0 aliphatic carbocycles. The molecule has 0 saturated carbocycles. The number of carboxylic acids is 2. The van der Waals surface area contributed by atoms with Crippen molar-refractivity contribution in [3.05, 3.63) is 0 Å². The summed E-state index contributed by atoms with van der Waals surface area (Å²) in [5.41, 5.74) is 0. The van der Waals surface area contributed by atoms with Gasteiger partial charge in [0.05, 0.1) is 26.2 Å². The molecular formula is C15H32NO4+. The number of hydrogen-bond acceptors (Lipinski definition) is 2. The first-order chi connectivity index (χ1) is 9.37. The summed E-state index contributed by atoms with van der Waals surface area (Å²) >= 11 is 0. The first-order valence-corrected chi connectivity index (χ1v) is 7.66. The van der Waals surface area contributed by atoms with E-state index in [9.17, 15) is 9.59 Å². The molecule has 0 spiro atoms. The molecule has 0 aliphatic rings. The number of carbonyl (C=O) groups is 2. The van der Waals surface area contributed by atoms with E-state index >= 15 is 0 Å². The third-order valence-electron chi connectivity index (χ3n) is 3.09. The Kier molecular flexibility index (Phi) is 13.7. The van der Waals surface area contributed by atoms with Gasteiger partial charge in [0.25, 0.3) is 0 Å². The van der Waals surface area contributed by atoms with Gasteiger partial charge in [0.2, 0.25) is 0 Å². The molecule has 2 N–H and O–H groups in total. The van der Waals surface area contributed by atoms with Gasteiger partial charge in [-0.3, -0.25) is 9.59 Å². The standard InChI is InChI=1S/C12H28N.C3H4O4/c1-5-9-13(10-6-2,11-7-3)12-8-4;4-2(5)1-3(6)7/h5-12H2,1-4H3;1H2,(H,4,5)(H,6,7)/q+1;. The molecule has 0 aromatic carbocycles. The average molecular weight is 290 g/mol. The molecule has 0 unspecified atom stereocenters. The summed E-state index contributed by atoms with van der Waals surface area (Å²) in [4.78, 5) is 18.9. The molecule has 20 heavy (non-hydrogen) atoms. The Hall–Kier alpha value is -1.10. The topological polar surface area (TPSA) is 74.6 Å². The van der Waals surface area contributed by atoms with Crippen LogP contribution in [0.4, 0.5) is 0 Å². The highest BCUT2D eigenvalue weighted by atomic mass is 16.4. The molecule has 0 aromatic heterocycles. The predicted octanol–water partition coefficient (Wildman–Crippen LogP) is 2.99. The lowest BCUT2D eigenvalue weighted by Gasteiger charge is -2.38. The van der Waals surface area contributed by atoms with Crippen molar-refractivity contribution in [2.24, 2.45) is 0 Å². The van der Waals surface area contributed by atoms with Crippen molar-refractivity contribution in [3.63, 3.8) is 0 Å². The number of nitrogens with zero attached hydrogens (tertiary/aromatic N) is 1. The molecule has 5 nitrogen and oxygen atoms in total. The van der Waals surface area contributed by atoms with Crippen molar-refractivity contribution >= 4 is 11.9 Å². The van der Waals surface area contributed by atoms with Gasteiger partial charge in [-0.05, 0) is 25.7 Å². The van der Waals surface area contributed by atoms with Crippen molar-refractivity contribution in [1.82, 2.24) is 0 Å². The van der Waals surface area contributed by atoms with Crippen molar-refractivity contribution < 1.29 is 24.3 Å². The molecule has 0 fully saturated rings. The van der Waals surface area contributed by atoms with Crippen LogP contribution in [0.5, 0.6) is 0 Å². The molecule has 120 valence electrons. The van der Waals surface area contributed by atoms with E-state index < -0.39 is 18.4 Å². The van der Waals surface area contributed by atoms with E-state index in [2.05, 4.69) is 27.7 Å². The monoisotopic (exact) mass is 290 g/mol. The minimum absolute atomic E-state index is 0.806. The number of quaternary nitrogens is 1. The van der Waals surface area contributed by atoms with Crippen molar-refractivity contribution in [2.75, 3.05) is 26.2 Å². The molecule has 0 heterocycles. The van der Waals surface area contributed by atoms with Crippen LogP contribution in [0.15, 0.2) is 0 Å². The van der Waals surface area contributed by atoms with Crippen LogP contribution in [0.3, 0.4) is 0 Å². The Bertz CT molecular complexity index is 225. The Morgan fingerprint density at radius 1 is 0.700 bits per heavy atom. The molecule has 0 aliphatic heterocycles. The minimum atomic E-state index is -1.31. The maximum absolute atomic E-state index is 9.43. The van der Waals surface area contributed by atoms with Crippen molar-refractivity contribution in [2.45, 2.75) is 59.8 Å². The van der Waals surface area contributed by atoms with E-state index in [0.717, 1.165) is 0 Å². The second-order valence-corrected chi connectivity index (χ2v) is 5.20. The van der Waals surface area contributed by atoms with Gasteiger partial charge < -0.3 is 14.7 Å². The van der Waals surface area contributed by atoms with Crippen LogP contribution >= 0.6 is 0 Å². The third kappa shape index (κ3) is 12.0. The fourth-order valence-electron chi connectivity index (χ4n) is 2.70. The lowest BCUT2D eigenvalue weighted by atomic mass is 10.2. The van der Waals surface area contributed by atoms with Gasteiger partial charge in [0.1, 0.15) is 6.42 Å². The zero-order chi connectivity index (χ0) is 16.0. The zero-order valence-corrected chi connectivity index (χ0v) is 13.5. The molecule has 5 heteroatoms. The van der Waals surface area contributed by atoms with E-state index in [1.165, 1.54) is 56.3 Å². The summed E-state index contributed by atoms with van der Waals surface area (Å²) in [5.74, 6) is -2.62. The summed E-state index contributed by atoms with van der Waals surface area (Å²) in [6.07, 6.45) is 4.53. The zero-order valence-electron chi connectivity index (χ0n) is 13.5. The van der Waals surface area contributed by atoms with Gasteiger partial charge in [0, 0.05) is 0 Å². The lowest BCUT2D eigenvalue weighted by Crippen LogP contribution is -2.50. The summed E-state index contributed by atoms with van der Waals surface area (Å²) in [5, 5.41) is 15.4. The smallest absolute Gasteiger partial charge is 0.314 e. The summed E-state index contributed by atoms with van der Waals surface area (Å²) in [6, 6.07) is 0. The molecule has 0 bridgehead atoms. The van der Waals surface area contributed by atoms with Gasteiger partial charge in [-0.15, -0.1) is 0 Å². The number of hydrogen-bond donors (Lipinski definition) is 2. The van der Waals surface area contributed by atoms with Crippen LogP contribution < -0.4 is 0 Å². The second-order valence-electron chi connectivity index (χ2n) is 5.20. The Morgan fingerprint density at radius 3 is 1.05 bits per heavy atom. The summed E-state index contributed by atoms with van der Waals surface area (Å²) < 4.78 is 1.38. The molecular weight excluding hydrogens is 258 g/mol. The maximum atomic E-state index is 9.43. The van der Waals surface area contributed by atoms with E-state index in [4.69, 9.17) is 10.2 Å². The molecule has 0 saturated heterocycles. The predicted molar refractivity (Wildman–Crippen MR) is 80.8 cm³/mol. The van der Waals surface area contributed by atoms with Crippen molar-refractivity contribution in [3.8, 4) is 0 Å². The first kappa shape index (κ1) is 21.2. The fourth-order valence-corrected chi connectivity index (χ4v) is 2.70. The highest BCUT2D eigenvalue weighted by Gasteiger charge is 2.22. The lowest BCUT2D eigenvalue weighted by molar-refractivity contribution is -0.928. The Balaban J connectivity index is 0. The van der Waals surface area contributed by atoms with Crippen LogP contribution in [-0.4, -0.2) is 52.8 Å². The van der Waals surface area contributed by atoms with Gasteiger partial charge >= 0.3 is 11.9 Å². The Morgan fingerprint density at radius 2 is 0.950 bits per heavy atom. The third-order valence-corrected chi connectivity index (χ3v) is 3.09. The summed E-state index contributed by atoms with van der Waals surface area (Å²) in [6.45, 7) is 14.8. The largest absolute Gasteiger partial charge is 0.481 e. The van der Waals surface area contributed by atoms with E-state index in [-0.39, 0.29) is 0 Å². The fraction of sp³-hybridized carbons (Fsp3) is 0.867. The first-order valence-electron chi connectivity index (χ1n) is 7.66. The summed E-state index contributed by atoms with van der Waals surface area (Å²) in [7, 11) is 0. The molecule has 0 amide bonds. The molecule has 0 radical (unpaired) electrons. The van der Waals surface area contributed by atoms with Gasteiger partial charge in [-0.25, -0.2) is 0 Å². The van der Waals surface area contributed by atoms with Gasteiger partial charge in [-0.1, -0.05) is 27.7 Å². The molecule has 0 rings (SSSR count). The van der Waals surface area contributed by atoms with E-state index in [1.54, 1.807) is 0 Å². The number of carboxylic acid groups (broad SMARTS) is 2. The number of aliphatic carboxylic acids is 2. The maximum Gasteiger partial charge on any atom is 0.314 e. The second kappa shape index (κ2) is 12.9. The van der Waals surface area contributed by atoms with Crippen LogP contribution in [0.2, 0.25) is 0 Å². The normalized spacial score (nSPS) is 10.6. The van der Waals surface area contributed by atoms with Crippen LogP contribution in [0.25, 0.3) is 0 Å². The van der Waals surface area contributed by atoms with E-state index in [1.807, 2.05) is 0 Å². The SMILES string of the molecule is CCC[N+](CCC)(CCC)CCC.O=C(O)CC(=O)O. The van der Waals surface area contributed by atoms with Crippen LogP contribution in [-0.2, 0) is 9.59 Å². The highest BCUT2D eigenvalue weighted by molar-refractivity contribution is 5.88. The molecule has 0 atom stereocenters. The van der Waals surface area contributed by atoms with Crippen LogP contribution in [0.1, 0.15) is 59.8 Å².